The fourth-order valence-corrected chi connectivity index (χ4v) is 3.26. The Balaban J connectivity index is 1.96. The monoisotopic (exact) mass is 326 g/mol. The summed E-state index contributed by atoms with van der Waals surface area (Å²) in [5.74, 6) is -1.07. The molecule has 1 atom stereocenters. The van der Waals surface area contributed by atoms with Gasteiger partial charge in [-0.3, -0.25) is 4.90 Å². The number of ether oxygens (including phenoxy) is 1. The lowest BCUT2D eigenvalue weighted by molar-refractivity contribution is -0.928. The zero-order valence-corrected chi connectivity index (χ0v) is 13.9. The first kappa shape index (κ1) is 16.8. The predicted molar refractivity (Wildman–Crippen MR) is 80.6 cm³/mol. The normalized spacial score (nSPS) is 18.0. The van der Waals surface area contributed by atoms with Gasteiger partial charge in [-0.2, -0.15) is 11.3 Å². The highest BCUT2D eigenvalue weighted by Crippen LogP contribution is 2.14. The number of carbonyl (C=O) groups is 2. The molecule has 0 unspecified atom stereocenters. The highest BCUT2D eigenvalue weighted by molar-refractivity contribution is 7.08. The molecule has 1 fully saturated rings. The highest BCUT2D eigenvalue weighted by atomic mass is 32.1. The van der Waals surface area contributed by atoms with Crippen molar-refractivity contribution >= 4 is 23.4 Å². The molecule has 1 aromatic rings. The van der Waals surface area contributed by atoms with Crippen molar-refractivity contribution in [2.45, 2.75) is 32.4 Å². The van der Waals surface area contributed by atoms with Crippen LogP contribution in [0.4, 0.5) is 4.79 Å². The van der Waals surface area contributed by atoms with E-state index >= 15 is 0 Å². The van der Waals surface area contributed by atoms with Crippen molar-refractivity contribution in [1.29, 1.82) is 0 Å². The average Bonchev–Trinajstić information content (AvgIpc) is 2.91. The van der Waals surface area contributed by atoms with Gasteiger partial charge in [0, 0.05) is 10.9 Å². The van der Waals surface area contributed by atoms with Crippen molar-refractivity contribution in [3.05, 3.63) is 22.4 Å². The number of thiophene rings is 1. The van der Waals surface area contributed by atoms with Gasteiger partial charge in [-0.05, 0) is 32.2 Å². The molecule has 2 heterocycles. The van der Waals surface area contributed by atoms with Crippen molar-refractivity contribution in [3.8, 4) is 0 Å². The number of amides is 1. The second kappa shape index (κ2) is 6.66. The van der Waals surface area contributed by atoms with Crippen LogP contribution < -0.4 is 10.0 Å². The number of nitrogens with zero attached hydrogens (tertiary/aromatic N) is 1. The summed E-state index contributed by atoms with van der Waals surface area (Å²) in [7, 11) is 0. The molecule has 7 heteroatoms. The van der Waals surface area contributed by atoms with Crippen molar-refractivity contribution in [2.75, 3.05) is 26.2 Å². The van der Waals surface area contributed by atoms with E-state index in [0.717, 1.165) is 10.5 Å². The number of aliphatic carboxylic acids is 1. The van der Waals surface area contributed by atoms with Crippen LogP contribution in [0.15, 0.2) is 16.8 Å². The number of hydrogen-bond acceptors (Lipinski definition) is 5. The summed E-state index contributed by atoms with van der Waals surface area (Å²) in [5.41, 5.74) is 0.247. The Labute approximate surface area is 134 Å². The standard InChI is InChI=1S/C15H22N2O4S/c1-15(2,3)21-14(20)17-7-5-16(6-8-17)12(13(18)19)11-4-9-22-10-11/h4,9-10,12H,5-8H2,1-3H3,(H,18,19)/t12-/m0/s1. The fourth-order valence-electron chi connectivity index (χ4n) is 2.57. The van der Waals surface area contributed by atoms with Gasteiger partial charge in [-0.1, -0.05) is 0 Å². The van der Waals surface area contributed by atoms with Crippen molar-refractivity contribution in [3.63, 3.8) is 0 Å². The maximum Gasteiger partial charge on any atom is 0.410 e. The third-order valence-corrected chi connectivity index (χ3v) is 4.28. The van der Waals surface area contributed by atoms with Gasteiger partial charge in [0.1, 0.15) is 11.6 Å². The molecule has 0 aromatic carbocycles. The molecule has 0 aliphatic carbocycles. The molecule has 1 aliphatic rings. The Morgan fingerprint density at radius 2 is 2.00 bits per heavy atom. The molecule has 1 saturated heterocycles. The average molecular weight is 326 g/mol. The molecule has 2 rings (SSSR count). The van der Waals surface area contributed by atoms with Gasteiger partial charge in [0.15, 0.2) is 6.04 Å². The summed E-state index contributed by atoms with van der Waals surface area (Å²) in [5, 5.41) is 15.2. The van der Waals surface area contributed by atoms with Gasteiger partial charge in [0.05, 0.1) is 26.2 Å². The lowest BCUT2D eigenvalue weighted by atomic mass is 10.1. The minimum Gasteiger partial charge on any atom is -0.544 e. The Morgan fingerprint density at radius 3 is 2.45 bits per heavy atom. The quantitative estimate of drug-likeness (QED) is 0.826. The molecule has 1 N–H and O–H groups in total. The SMILES string of the molecule is CC(C)(C)OC(=O)N1CC[NH+]([C@H](C(=O)[O-])c2ccsc2)CC1. The number of rotatable bonds is 3. The zero-order chi connectivity index (χ0) is 16.3. The number of piperazine rings is 1. The summed E-state index contributed by atoms with van der Waals surface area (Å²) >= 11 is 1.47. The summed E-state index contributed by atoms with van der Waals surface area (Å²) in [6.45, 7) is 7.58. The minimum atomic E-state index is -1.07. The van der Waals surface area contributed by atoms with Gasteiger partial charge in [0.25, 0.3) is 0 Å². The Bertz CT molecular complexity index is 516. The van der Waals surface area contributed by atoms with E-state index in [0.29, 0.717) is 26.2 Å². The molecule has 1 aliphatic heterocycles. The van der Waals surface area contributed by atoms with Gasteiger partial charge in [0.2, 0.25) is 0 Å². The number of nitrogens with one attached hydrogen (secondary N) is 1. The number of carboxylic acids is 1. The molecular weight excluding hydrogens is 304 g/mol. The van der Waals surface area contributed by atoms with Crippen molar-refractivity contribution in [2.24, 2.45) is 0 Å². The number of quaternary nitrogens is 1. The van der Waals surface area contributed by atoms with E-state index in [1.54, 1.807) is 4.90 Å². The summed E-state index contributed by atoms with van der Waals surface area (Å²) in [4.78, 5) is 26.0. The fraction of sp³-hybridized carbons (Fsp3) is 0.600. The van der Waals surface area contributed by atoms with Gasteiger partial charge in [-0.25, -0.2) is 4.79 Å². The lowest BCUT2D eigenvalue weighted by Crippen LogP contribution is -3.16. The van der Waals surface area contributed by atoms with Crippen LogP contribution in [0.3, 0.4) is 0 Å². The Hall–Kier alpha value is -1.60. The van der Waals surface area contributed by atoms with E-state index < -0.39 is 17.6 Å². The highest BCUT2D eigenvalue weighted by Gasteiger charge is 2.33. The Morgan fingerprint density at radius 1 is 1.36 bits per heavy atom. The number of carbonyl (C=O) groups excluding carboxylic acids is 2. The first-order chi connectivity index (χ1) is 10.3. The minimum absolute atomic E-state index is 0.341. The second-order valence-corrected chi connectivity index (χ2v) is 7.21. The lowest BCUT2D eigenvalue weighted by Gasteiger charge is -2.37. The molecule has 0 spiro atoms. The smallest absolute Gasteiger partial charge is 0.410 e. The first-order valence-corrected chi connectivity index (χ1v) is 8.27. The van der Waals surface area contributed by atoms with E-state index in [1.807, 2.05) is 37.6 Å². The molecule has 22 heavy (non-hydrogen) atoms. The van der Waals surface area contributed by atoms with Crippen molar-refractivity contribution in [1.82, 2.24) is 4.90 Å². The predicted octanol–water partition coefficient (Wildman–Crippen LogP) is -0.325. The van der Waals surface area contributed by atoms with Gasteiger partial charge >= 0.3 is 6.09 Å². The van der Waals surface area contributed by atoms with Gasteiger partial charge in [-0.15, -0.1) is 0 Å². The summed E-state index contributed by atoms with van der Waals surface area (Å²) < 4.78 is 5.34. The van der Waals surface area contributed by atoms with Crippen molar-refractivity contribution < 1.29 is 24.3 Å². The van der Waals surface area contributed by atoms with Crippen LogP contribution in [0.1, 0.15) is 32.4 Å². The molecule has 1 aromatic heterocycles. The largest absolute Gasteiger partial charge is 0.544 e. The van der Waals surface area contributed by atoms with Crippen LogP contribution in [0.2, 0.25) is 0 Å². The number of hydrogen-bond donors (Lipinski definition) is 1. The maximum atomic E-state index is 12.0. The topological polar surface area (TPSA) is 74.1 Å². The molecule has 0 saturated carbocycles. The zero-order valence-electron chi connectivity index (χ0n) is 13.1. The molecule has 1 amide bonds. The van der Waals surface area contributed by atoms with E-state index in [9.17, 15) is 14.7 Å². The maximum absolute atomic E-state index is 12.0. The first-order valence-electron chi connectivity index (χ1n) is 7.33. The van der Waals surface area contributed by atoms with Crippen LogP contribution in [0.25, 0.3) is 0 Å². The van der Waals surface area contributed by atoms with E-state index in [-0.39, 0.29) is 6.09 Å². The van der Waals surface area contributed by atoms with Crippen LogP contribution in [-0.2, 0) is 9.53 Å². The summed E-state index contributed by atoms with van der Waals surface area (Å²) in [6, 6.07) is 1.14. The molecule has 0 radical (unpaired) electrons. The Kier molecular flexibility index (Phi) is 5.08. The van der Waals surface area contributed by atoms with Crippen LogP contribution in [0, 0.1) is 0 Å². The summed E-state index contributed by atoms with van der Waals surface area (Å²) in [6.07, 6.45) is -0.341. The second-order valence-electron chi connectivity index (χ2n) is 6.43. The van der Waals surface area contributed by atoms with Crippen LogP contribution in [0.5, 0.6) is 0 Å². The third-order valence-electron chi connectivity index (χ3n) is 3.58. The van der Waals surface area contributed by atoms with E-state index in [1.165, 1.54) is 11.3 Å². The van der Waals surface area contributed by atoms with E-state index in [2.05, 4.69) is 0 Å². The third kappa shape index (κ3) is 4.20. The molecule has 6 nitrogen and oxygen atoms in total. The molecule has 122 valence electrons. The van der Waals surface area contributed by atoms with E-state index in [4.69, 9.17) is 4.74 Å². The van der Waals surface area contributed by atoms with Gasteiger partial charge < -0.3 is 19.5 Å². The van der Waals surface area contributed by atoms with Crippen LogP contribution >= 0.6 is 11.3 Å². The van der Waals surface area contributed by atoms with Crippen LogP contribution in [-0.4, -0.2) is 48.7 Å². The number of carboxylic acid groups (broad SMARTS) is 1. The molecule has 0 bridgehead atoms. The molecular formula is C15H22N2O4S.